The van der Waals surface area contributed by atoms with Gasteiger partial charge in [-0.25, -0.2) is 8.42 Å². The Bertz CT molecular complexity index is 788. The molecule has 0 fully saturated rings. The lowest BCUT2D eigenvalue weighted by molar-refractivity contribution is -0.274. The van der Waals surface area contributed by atoms with Crippen LogP contribution in [0, 0.1) is 0 Å². The second-order valence-electron chi connectivity index (χ2n) is 4.28. The van der Waals surface area contributed by atoms with Crippen LogP contribution in [-0.4, -0.2) is 14.8 Å². The van der Waals surface area contributed by atoms with Gasteiger partial charge in [0.25, 0.3) is 10.0 Å². The SMILES string of the molecule is O=S(=O)(Nc1cc(Cl)cc(Cl)c1)c1ccc(OC(F)(F)F)cc1. The van der Waals surface area contributed by atoms with Gasteiger partial charge < -0.3 is 4.74 Å². The van der Waals surface area contributed by atoms with Crippen molar-refractivity contribution < 1.29 is 26.3 Å². The Morgan fingerprint density at radius 3 is 1.96 bits per heavy atom. The Morgan fingerprint density at radius 2 is 1.48 bits per heavy atom. The summed E-state index contributed by atoms with van der Waals surface area (Å²) in [5, 5.41) is 0.452. The van der Waals surface area contributed by atoms with Gasteiger partial charge in [-0.3, -0.25) is 4.72 Å². The van der Waals surface area contributed by atoms with Crippen LogP contribution in [0.1, 0.15) is 0 Å². The molecule has 0 aliphatic heterocycles. The highest BCUT2D eigenvalue weighted by molar-refractivity contribution is 7.92. The lowest BCUT2D eigenvalue weighted by Gasteiger charge is -2.11. The molecule has 0 bridgehead atoms. The van der Waals surface area contributed by atoms with Crippen molar-refractivity contribution >= 4 is 38.9 Å². The molecule has 0 radical (unpaired) electrons. The molecule has 0 aliphatic carbocycles. The predicted octanol–water partition coefficient (Wildman–Crippen LogP) is 4.69. The van der Waals surface area contributed by atoms with Crippen molar-refractivity contribution in [1.29, 1.82) is 0 Å². The van der Waals surface area contributed by atoms with Crippen molar-refractivity contribution in [1.82, 2.24) is 0 Å². The maximum atomic E-state index is 12.2. The Labute approximate surface area is 139 Å². The van der Waals surface area contributed by atoms with Gasteiger partial charge in [-0.1, -0.05) is 23.2 Å². The van der Waals surface area contributed by atoms with E-state index in [4.69, 9.17) is 23.2 Å². The van der Waals surface area contributed by atoms with Crippen molar-refractivity contribution in [2.75, 3.05) is 4.72 Å². The van der Waals surface area contributed by atoms with Gasteiger partial charge in [0.2, 0.25) is 0 Å². The average molecular weight is 386 g/mol. The lowest BCUT2D eigenvalue weighted by Crippen LogP contribution is -2.17. The fourth-order valence-corrected chi connectivity index (χ4v) is 3.21. The quantitative estimate of drug-likeness (QED) is 0.830. The van der Waals surface area contributed by atoms with Crippen molar-refractivity contribution in [2.24, 2.45) is 0 Å². The minimum absolute atomic E-state index is 0.123. The first-order chi connectivity index (χ1) is 10.5. The van der Waals surface area contributed by atoms with E-state index in [9.17, 15) is 21.6 Å². The summed E-state index contributed by atoms with van der Waals surface area (Å²) >= 11 is 11.5. The van der Waals surface area contributed by atoms with E-state index in [1.807, 2.05) is 0 Å². The zero-order valence-corrected chi connectivity index (χ0v) is 13.4. The molecule has 0 saturated heterocycles. The standard InChI is InChI=1S/C13H8Cl2F3NO3S/c14-8-5-9(15)7-10(6-8)19-23(20,21)12-3-1-11(2-4-12)22-13(16,17)18/h1-7,19H. The fourth-order valence-electron chi connectivity index (χ4n) is 1.65. The predicted molar refractivity (Wildman–Crippen MR) is 80.4 cm³/mol. The molecule has 10 heteroatoms. The third-order valence-electron chi connectivity index (χ3n) is 2.48. The number of sulfonamides is 1. The zero-order valence-electron chi connectivity index (χ0n) is 11.1. The number of rotatable bonds is 4. The van der Waals surface area contributed by atoms with Crippen LogP contribution < -0.4 is 9.46 Å². The smallest absolute Gasteiger partial charge is 0.406 e. The van der Waals surface area contributed by atoms with E-state index >= 15 is 0 Å². The molecule has 0 aromatic heterocycles. The lowest BCUT2D eigenvalue weighted by atomic mass is 10.3. The van der Waals surface area contributed by atoms with E-state index in [0.717, 1.165) is 24.3 Å². The highest BCUT2D eigenvalue weighted by atomic mass is 35.5. The third kappa shape index (κ3) is 5.19. The molecule has 2 aromatic carbocycles. The number of benzene rings is 2. The van der Waals surface area contributed by atoms with E-state index < -0.39 is 22.1 Å². The van der Waals surface area contributed by atoms with Gasteiger partial charge in [0, 0.05) is 10.0 Å². The molecule has 0 spiro atoms. The highest BCUT2D eigenvalue weighted by Gasteiger charge is 2.31. The second-order valence-corrected chi connectivity index (χ2v) is 6.84. The molecule has 2 rings (SSSR count). The van der Waals surface area contributed by atoms with Gasteiger partial charge in [0.05, 0.1) is 10.6 Å². The summed E-state index contributed by atoms with van der Waals surface area (Å²) in [5.74, 6) is -0.526. The van der Waals surface area contributed by atoms with E-state index in [1.165, 1.54) is 18.2 Å². The molecule has 1 N–H and O–H groups in total. The van der Waals surface area contributed by atoms with Crippen LogP contribution >= 0.6 is 23.2 Å². The van der Waals surface area contributed by atoms with Crippen LogP contribution in [0.3, 0.4) is 0 Å². The summed E-state index contributed by atoms with van der Waals surface area (Å²) in [6.07, 6.45) is -4.85. The molecule has 0 atom stereocenters. The Kier molecular flexibility index (Phi) is 4.98. The van der Waals surface area contributed by atoms with Gasteiger partial charge in [-0.2, -0.15) is 0 Å². The summed E-state index contributed by atoms with van der Waals surface area (Å²) in [6.45, 7) is 0. The Morgan fingerprint density at radius 1 is 0.957 bits per heavy atom. The number of hydrogen-bond acceptors (Lipinski definition) is 3. The molecule has 0 heterocycles. The largest absolute Gasteiger partial charge is 0.573 e. The first kappa shape index (κ1) is 17.7. The first-order valence-electron chi connectivity index (χ1n) is 5.90. The summed E-state index contributed by atoms with van der Waals surface area (Å²) in [5.41, 5.74) is 0.123. The monoisotopic (exact) mass is 385 g/mol. The van der Waals surface area contributed by atoms with Gasteiger partial charge in [0.1, 0.15) is 5.75 Å². The van der Waals surface area contributed by atoms with Gasteiger partial charge in [-0.05, 0) is 42.5 Å². The van der Waals surface area contributed by atoms with E-state index in [-0.39, 0.29) is 20.6 Å². The molecule has 0 aliphatic rings. The molecule has 0 amide bonds. The number of alkyl halides is 3. The van der Waals surface area contributed by atoms with E-state index in [0.29, 0.717) is 0 Å². The number of ether oxygens (including phenoxy) is 1. The molecule has 23 heavy (non-hydrogen) atoms. The van der Waals surface area contributed by atoms with Gasteiger partial charge >= 0.3 is 6.36 Å². The number of hydrogen-bond donors (Lipinski definition) is 1. The number of nitrogens with one attached hydrogen (secondary N) is 1. The summed E-state index contributed by atoms with van der Waals surface area (Å²) in [6, 6.07) is 7.85. The third-order valence-corrected chi connectivity index (χ3v) is 4.32. The minimum Gasteiger partial charge on any atom is -0.406 e. The molecule has 0 unspecified atom stereocenters. The molecular weight excluding hydrogens is 378 g/mol. The van der Waals surface area contributed by atoms with Gasteiger partial charge in [0.15, 0.2) is 0 Å². The fraction of sp³-hybridized carbons (Fsp3) is 0.0769. The van der Waals surface area contributed by atoms with Crippen LogP contribution in [0.15, 0.2) is 47.4 Å². The minimum atomic E-state index is -4.85. The Hall–Kier alpha value is -1.64. The normalized spacial score (nSPS) is 12.0. The summed E-state index contributed by atoms with van der Waals surface area (Å²) < 4.78 is 66.4. The second kappa shape index (κ2) is 6.46. The van der Waals surface area contributed by atoms with Crippen molar-refractivity contribution in [3.8, 4) is 5.75 Å². The van der Waals surface area contributed by atoms with Crippen molar-refractivity contribution in [3.05, 3.63) is 52.5 Å². The zero-order chi connectivity index (χ0) is 17.3. The van der Waals surface area contributed by atoms with Gasteiger partial charge in [-0.15, -0.1) is 13.2 Å². The summed E-state index contributed by atoms with van der Waals surface area (Å²) in [7, 11) is -4.01. The maximum absolute atomic E-state index is 12.2. The number of halogens is 5. The highest BCUT2D eigenvalue weighted by Crippen LogP contribution is 2.27. The summed E-state index contributed by atoms with van der Waals surface area (Å²) in [4.78, 5) is -0.247. The molecular formula is C13H8Cl2F3NO3S. The average Bonchev–Trinajstić information content (AvgIpc) is 2.35. The van der Waals surface area contributed by atoms with Crippen LogP contribution in [0.4, 0.5) is 18.9 Å². The Balaban J connectivity index is 2.22. The van der Waals surface area contributed by atoms with E-state index in [1.54, 1.807) is 0 Å². The maximum Gasteiger partial charge on any atom is 0.573 e. The van der Waals surface area contributed by atoms with E-state index in [2.05, 4.69) is 9.46 Å². The number of anilines is 1. The topological polar surface area (TPSA) is 55.4 Å². The van der Waals surface area contributed by atoms with Crippen molar-refractivity contribution in [3.63, 3.8) is 0 Å². The molecule has 124 valence electrons. The van der Waals surface area contributed by atoms with Crippen LogP contribution in [-0.2, 0) is 10.0 Å². The van der Waals surface area contributed by atoms with Crippen LogP contribution in [0.2, 0.25) is 10.0 Å². The molecule has 4 nitrogen and oxygen atoms in total. The molecule has 2 aromatic rings. The van der Waals surface area contributed by atoms with Crippen LogP contribution in [0.25, 0.3) is 0 Å². The first-order valence-corrected chi connectivity index (χ1v) is 8.14. The van der Waals surface area contributed by atoms with Crippen molar-refractivity contribution in [2.45, 2.75) is 11.3 Å². The van der Waals surface area contributed by atoms with Crippen LogP contribution in [0.5, 0.6) is 5.75 Å². The molecule has 0 saturated carbocycles.